The fraction of sp³-hybridized carbons (Fsp3) is 0.909. The third kappa shape index (κ3) is 6.05. The van der Waals surface area contributed by atoms with Gasteiger partial charge in [-0.05, 0) is 19.4 Å². The Hall–Kier alpha value is -0.650. The van der Waals surface area contributed by atoms with Crippen LogP contribution in [-0.2, 0) is 0 Å². The van der Waals surface area contributed by atoms with Gasteiger partial charge in [-0.15, -0.1) is 0 Å². The Kier molecular flexibility index (Phi) is 7.29. The lowest BCUT2D eigenvalue weighted by Crippen LogP contribution is -2.34. The normalized spacial score (nSPS) is 12.1. The summed E-state index contributed by atoms with van der Waals surface area (Å²) in [6.07, 6.45) is 1.75. The molecule has 5 nitrogen and oxygen atoms in total. The molecule has 0 saturated heterocycles. The van der Waals surface area contributed by atoms with E-state index in [0.29, 0.717) is 13.1 Å². The second-order valence-electron chi connectivity index (χ2n) is 4.69. The molecule has 5 N–H and O–H groups in total. The van der Waals surface area contributed by atoms with Crippen LogP contribution in [0.2, 0.25) is 0 Å². The molecular weight excluding hydrogens is 206 g/mol. The summed E-state index contributed by atoms with van der Waals surface area (Å²) in [5.41, 5.74) is 5.23. The van der Waals surface area contributed by atoms with Crippen LogP contribution in [0.25, 0.3) is 0 Å². The molecule has 0 atom stereocenters. The molecule has 0 rings (SSSR count). The van der Waals surface area contributed by atoms with E-state index in [-0.39, 0.29) is 24.5 Å². The van der Waals surface area contributed by atoms with Gasteiger partial charge in [-0.3, -0.25) is 10.3 Å². The first kappa shape index (κ1) is 15.3. The molecule has 0 saturated carbocycles. The van der Waals surface area contributed by atoms with Gasteiger partial charge >= 0.3 is 0 Å². The van der Waals surface area contributed by atoms with Crippen LogP contribution in [-0.4, -0.2) is 53.8 Å². The highest BCUT2D eigenvalue weighted by atomic mass is 16.3. The molecule has 0 bridgehead atoms. The minimum atomic E-state index is -0.260. The van der Waals surface area contributed by atoms with Gasteiger partial charge in [0, 0.05) is 18.5 Å². The summed E-state index contributed by atoms with van der Waals surface area (Å²) in [6, 6.07) is 0. The van der Waals surface area contributed by atoms with Crippen LogP contribution in [0.15, 0.2) is 0 Å². The van der Waals surface area contributed by atoms with Crippen LogP contribution in [0.1, 0.15) is 26.7 Å². The quantitative estimate of drug-likeness (QED) is 0.332. The Labute approximate surface area is 97.8 Å². The SMILES string of the molecule is CC(C)(CCCN(CCO)CCO)C(=N)N. The number of aliphatic hydroxyl groups excluding tert-OH is 2. The number of nitrogens with two attached hydrogens (primary N) is 1. The Morgan fingerprint density at radius 2 is 1.69 bits per heavy atom. The van der Waals surface area contributed by atoms with E-state index in [1.54, 1.807) is 0 Å². The average Bonchev–Trinajstić information content (AvgIpc) is 2.17. The first-order valence-corrected chi connectivity index (χ1v) is 5.72. The number of nitrogens with zero attached hydrogens (tertiary/aromatic N) is 1. The van der Waals surface area contributed by atoms with Crippen LogP contribution >= 0.6 is 0 Å². The summed E-state index contributed by atoms with van der Waals surface area (Å²) in [7, 11) is 0. The largest absolute Gasteiger partial charge is 0.395 e. The van der Waals surface area contributed by atoms with Gasteiger partial charge in [0.1, 0.15) is 0 Å². The van der Waals surface area contributed by atoms with E-state index in [9.17, 15) is 0 Å². The van der Waals surface area contributed by atoms with Crippen molar-refractivity contribution in [2.45, 2.75) is 26.7 Å². The lowest BCUT2D eigenvalue weighted by Gasteiger charge is -2.25. The van der Waals surface area contributed by atoms with Gasteiger partial charge in [-0.2, -0.15) is 0 Å². The fourth-order valence-electron chi connectivity index (χ4n) is 1.50. The summed E-state index contributed by atoms with van der Waals surface area (Å²) >= 11 is 0. The Morgan fingerprint density at radius 3 is 2.06 bits per heavy atom. The van der Waals surface area contributed by atoms with Crippen molar-refractivity contribution >= 4 is 5.84 Å². The molecule has 0 spiro atoms. The van der Waals surface area contributed by atoms with E-state index >= 15 is 0 Å². The van der Waals surface area contributed by atoms with Crippen molar-refractivity contribution in [2.24, 2.45) is 11.1 Å². The molecule has 0 unspecified atom stereocenters. The van der Waals surface area contributed by atoms with Crippen molar-refractivity contribution < 1.29 is 10.2 Å². The predicted octanol–water partition coefficient (Wildman–Crippen LogP) is 0.0154. The van der Waals surface area contributed by atoms with E-state index in [1.807, 2.05) is 18.7 Å². The maximum absolute atomic E-state index is 8.83. The topological polar surface area (TPSA) is 93.6 Å². The van der Waals surface area contributed by atoms with E-state index in [1.165, 1.54) is 0 Å². The van der Waals surface area contributed by atoms with Gasteiger partial charge in [0.15, 0.2) is 0 Å². The summed E-state index contributed by atoms with van der Waals surface area (Å²) in [5.74, 6) is 0.211. The zero-order valence-corrected chi connectivity index (χ0v) is 10.4. The van der Waals surface area contributed by atoms with Crippen LogP contribution in [0.3, 0.4) is 0 Å². The lowest BCUT2D eigenvalue weighted by atomic mass is 9.86. The monoisotopic (exact) mass is 231 g/mol. The molecule has 16 heavy (non-hydrogen) atoms. The first-order valence-electron chi connectivity index (χ1n) is 5.72. The van der Waals surface area contributed by atoms with Crippen molar-refractivity contribution in [1.29, 1.82) is 5.41 Å². The molecule has 96 valence electrons. The fourth-order valence-corrected chi connectivity index (χ4v) is 1.50. The number of rotatable bonds is 9. The molecule has 0 radical (unpaired) electrons. The predicted molar refractivity (Wildman–Crippen MR) is 65.5 cm³/mol. The zero-order chi connectivity index (χ0) is 12.6. The van der Waals surface area contributed by atoms with Crippen molar-refractivity contribution in [3.8, 4) is 0 Å². The number of amidine groups is 1. The highest BCUT2D eigenvalue weighted by molar-refractivity contribution is 5.82. The molecule has 0 aromatic carbocycles. The van der Waals surface area contributed by atoms with Gasteiger partial charge < -0.3 is 15.9 Å². The maximum Gasteiger partial charge on any atom is 0.0963 e. The smallest absolute Gasteiger partial charge is 0.0963 e. The van der Waals surface area contributed by atoms with Gasteiger partial charge in [0.2, 0.25) is 0 Å². The van der Waals surface area contributed by atoms with Crippen molar-refractivity contribution in [3.63, 3.8) is 0 Å². The van der Waals surface area contributed by atoms with E-state index in [4.69, 9.17) is 21.4 Å². The molecule has 0 amide bonds. The number of nitrogens with one attached hydrogen (secondary N) is 1. The second-order valence-corrected chi connectivity index (χ2v) is 4.69. The summed E-state index contributed by atoms with van der Waals surface area (Å²) in [6.45, 7) is 6.11. The van der Waals surface area contributed by atoms with Crippen LogP contribution in [0.4, 0.5) is 0 Å². The van der Waals surface area contributed by atoms with Crippen LogP contribution in [0.5, 0.6) is 0 Å². The minimum absolute atomic E-state index is 0.107. The molecule has 5 heteroatoms. The van der Waals surface area contributed by atoms with Gasteiger partial charge in [-0.25, -0.2) is 0 Å². The first-order chi connectivity index (χ1) is 7.44. The van der Waals surface area contributed by atoms with Crippen molar-refractivity contribution in [3.05, 3.63) is 0 Å². The van der Waals surface area contributed by atoms with Crippen LogP contribution in [0, 0.1) is 10.8 Å². The van der Waals surface area contributed by atoms with Crippen LogP contribution < -0.4 is 5.73 Å². The highest BCUT2D eigenvalue weighted by Crippen LogP contribution is 2.21. The standard InChI is InChI=1S/C11H25N3O2/c1-11(2,10(12)13)4-3-5-14(6-8-15)7-9-16/h15-16H,3-9H2,1-2H3,(H3,12,13). The number of hydrogen-bond donors (Lipinski definition) is 4. The maximum atomic E-state index is 8.83. The highest BCUT2D eigenvalue weighted by Gasteiger charge is 2.21. The molecule has 0 aliphatic carbocycles. The molecule has 0 aromatic heterocycles. The van der Waals surface area contributed by atoms with Gasteiger partial charge in [-0.1, -0.05) is 13.8 Å². The molecule has 0 aliphatic rings. The minimum Gasteiger partial charge on any atom is -0.395 e. The third-order valence-corrected chi connectivity index (χ3v) is 2.84. The van der Waals surface area contributed by atoms with E-state index < -0.39 is 0 Å². The summed E-state index contributed by atoms with van der Waals surface area (Å²) in [4.78, 5) is 2.01. The molecule has 0 fully saturated rings. The summed E-state index contributed by atoms with van der Waals surface area (Å²) in [5, 5.41) is 25.1. The van der Waals surface area contributed by atoms with Crippen molar-refractivity contribution in [2.75, 3.05) is 32.8 Å². The van der Waals surface area contributed by atoms with Gasteiger partial charge in [0.25, 0.3) is 0 Å². The lowest BCUT2D eigenvalue weighted by molar-refractivity contribution is 0.157. The molecular formula is C11H25N3O2. The molecule has 0 aliphatic heterocycles. The average molecular weight is 231 g/mol. The Bertz CT molecular complexity index is 201. The Morgan fingerprint density at radius 1 is 1.19 bits per heavy atom. The number of hydrogen-bond acceptors (Lipinski definition) is 4. The third-order valence-electron chi connectivity index (χ3n) is 2.84. The molecule has 0 heterocycles. The Balaban J connectivity index is 3.88. The second kappa shape index (κ2) is 7.60. The van der Waals surface area contributed by atoms with E-state index in [0.717, 1.165) is 19.4 Å². The van der Waals surface area contributed by atoms with E-state index in [2.05, 4.69) is 0 Å². The van der Waals surface area contributed by atoms with Crippen molar-refractivity contribution in [1.82, 2.24) is 4.90 Å². The molecule has 0 aromatic rings. The van der Waals surface area contributed by atoms with Gasteiger partial charge in [0.05, 0.1) is 19.0 Å². The zero-order valence-electron chi connectivity index (χ0n) is 10.4. The number of aliphatic hydroxyl groups is 2. The summed E-state index contributed by atoms with van der Waals surface area (Å²) < 4.78 is 0.